The Balaban J connectivity index is 2.24. The van der Waals surface area contributed by atoms with Crippen molar-refractivity contribution >= 4 is 5.69 Å². The lowest BCUT2D eigenvalue weighted by Crippen LogP contribution is -2.02. The van der Waals surface area contributed by atoms with Crippen LogP contribution in [0.15, 0.2) is 24.5 Å². The van der Waals surface area contributed by atoms with Crippen LogP contribution < -0.4 is 5.32 Å². The van der Waals surface area contributed by atoms with Gasteiger partial charge in [-0.25, -0.2) is 13.2 Å². The smallest absolute Gasteiger partial charge is 0.194 e. The predicted octanol–water partition coefficient (Wildman–Crippen LogP) is 2.39. The SMILES string of the molecule is CNc1cnn(Cc2cc(F)c(F)c(F)c2)c1. The molecule has 1 N–H and O–H groups in total. The van der Waals surface area contributed by atoms with Crippen molar-refractivity contribution in [1.82, 2.24) is 9.78 Å². The first-order valence-corrected chi connectivity index (χ1v) is 4.94. The van der Waals surface area contributed by atoms with E-state index < -0.39 is 17.5 Å². The second-order valence-corrected chi connectivity index (χ2v) is 3.55. The summed E-state index contributed by atoms with van der Waals surface area (Å²) >= 11 is 0. The Morgan fingerprint density at radius 1 is 1.24 bits per heavy atom. The molecule has 1 aromatic heterocycles. The standard InChI is InChI=1S/C11H10F3N3/c1-15-8-4-16-17(6-8)5-7-2-9(12)11(14)10(13)3-7/h2-4,6,15H,5H2,1H3. The first-order chi connectivity index (χ1) is 8.10. The molecule has 0 unspecified atom stereocenters. The second-order valence-electron chi connectivity index (χ2n) is 3.55. The number of nitrogens with one attached hydrogen (secondary N) is 1. The quantitative estimate of drug-likeness (QED) is 0.836. The van der Waals surface area contributed by atoms with E-state index in [4.69, 9.17) is 0 Å². The molecule has 17 heavy (non-hydrogen) atoms. The number of rotatable bonds is 3. The highest BCUT2D eigenvalue weighted by atomic mass is 19.2. The number of halogens is 3. The fourth-order valence-electron chi connectivity index (χ4n) is 1.47. The number of hydrogen-bond acceptors (Lipinski definition) is 2. The Hall–Kier alpha value is -1.98. The summed E-state index contributed by atoms with van der Waals surface area (Å²) < 4.78 is 40.1. The van der Waals surface area contributed by atoms with Crippen LogP contribution in [-0.4, -0.2) is 16.8 Å². The minimum Gasteiger partial charge on any atom is -0.386 e. The summed E-state index contributed by atoms with van der Waals surface area (Å²) in [6.07, 6.45) is 3.26. The first-order valence-electron chi connectivity index (χ1n) is 4.94. The minimum absolute atomic E-state index is 0.176. The van der Waals surface area contributed by atoms with E-state index in [9.17, 15) is 13.2 Å². The van der Waals surface area contributed by atoms with E-state index in [2.05, 4.69) is 10.4 Å². The van der Waals surface area contributed by atoms with E-state index in [1.165, 1.54) is 4.68 Å². The van der Waals surface area contributed by atoms with Gasteiger partial charge in [0, 0.05) is 13.2 Å². The third-order valence-electron chi connectivity index (χ3n) is 2.31. The lowest BCUT2D eigenvalue weighted by molar-refractivity contribution is 0.444. The lowest BCUT2D eigenvalue weighted by Gasteiger charge is -2.03. The van der Waals surface area contributed by atoms with E-state index in [0.29, 0.717) is 5.56 Å². The average molecular weight is 241 g/mol. The number of hydrogen-bond donors (Lipinski definition) is 1. The molecule has 90 valence electrons. The molecule has 1 heterocycles. The largest absolute Gasteiger partial charge is 0.386 e. The van der Waals surface area contributed by atoms with Crippen LogP contribution in [-0.2, 0) is 6.54 Å². The van der Waals surface area contributed by atoms with Gasteiger partial charge in [-0.2, -0.15) is 5.10 Å². The highest BCUT2D eigenvalue weighted by molar-refractivity contribution is 5.37. The van der Waals surface area contributed by atoms with Gasteiger partial charge in [-0.05, 0) is 17.7 Å². The van der Waals surface area contributed by atoms with E-state index in [1.807, 2.05) is 0 Å². The summed E-state index contributed by atoms with van der Waals surface area (Å²) in [6, 6.07) is 1.91. The molecule has 0 amide bonds. The molecule has 0 aliphatic rings. The maximum atomic E-state index is 13.0. The zero-order valence-electron chi connectivity index (χ0n) is 9.04. The molecule has 6 heteroatoms. The van der Waals surface area contributed by atoms with Gasteiger partial charge in [-0.1, -0.05) is 0 Å². The zero-order valence-corrected chi connectivity index (χ0v) is 9.04. The van der Waals surface area contributed by atoms with Gasteiger partial charge in [0.2, 0.25) is 0 Å². The third kappa shape index (κ3) is 2.41. The van der Waals surface area contributed by atoms with Gasteiger partial charge in [0.1, 0.15) is 0 Å². The van der Waals surface area contributed by atoms with Crippen molar-refractivity contribution in [2.75, 3.05) is 12.4 Å². The average Bonchev–Trinajstić information content (AvgIpc) is 2.73. The van der Waals surface area contributed by atoms with Gasteiger partial charge in [0.15, 0.2) is 17.5 Å². The molecular formula is C11H10F3N3. The normalized spacial score (nSPS) is 10.6. The monoisotopic (exact) mass is 241 g/mol. The van der Waals surface area contributed by atoms with Crippen molar-refractivity contribution in [2.24, 2.45) is 0 Å². The van der Waals surface area contributed by atoms with E-state index in [1.54, 1.807) is 19.4 Å². The number of benzene rings is 1. The fourth-order valence-corrected chi connectivity index (χ4v) is 1.47. The van der Waals surface area contributed by atoms with Crippen molar-refractivity contribution in [1.29, 1.82) is 0 Å². The minimum atomic E-state index is -1.45. The Morgan fingerprint density at radius 3 is 2.41 bits per heavy atom. The van der Waals surface area contributed by atoms with Crippen LogP contribution in [0.3, 0.4) is 0 Å². The summed E-state index contributed by atoms with van der Waals surface area (Å²) in [5.41, 5.74) is 1.10. The van der Waals surface area contributed by atoms with E-state index in [0.717, 1.165) is 17.8 Å². The van der Waals surface area contributed by atoms with Crippen LogP contribution in [0.2, 0.25) is 0 Å². The Bertz CT molecular complexity index is 514. The maximum absolute atomic E-state index is 13.0. The van der Waals surface area contributed by atoms with Crippen molar-refractivity contribution in [3.63, 3.8) is 0 Å². The van der Waals surface area contributed by atoms with Crippen LogP contribution in [0.25, 0.3) is 0 Å². The molecule has 2 aromatic rings. The fraction of sp³-hybridized carbons (Fsp3) is 0.182. The van der Waals surface area contributed by atoms with Crippen LogP contribution in [0, 0.1) is 17.5 Å². The molecular weight excluding hydrogens is 231 g/mol. The zero-order chi connectivity index (χ0) is 12.4. The molecule has 0 bridgehead atoms. The maximum Gasteiger partial charge on any atom is 0.194 e. The molecule has 2 rings (SSSR count). The molecule has 0 aliphatic carbocycles. The van der Waals surface area contributed by atoms with Crippen molar-refractivity contribution < 1.29 is 13.2 Å². The topological polar surface area (TPSA) is 29.9 Å². The highest BCUT2D eigenvalue weighted by Crippen LogP contribution is 2.15. The van der Waals surface area contributed by atoms with E-state index in [-0.39, 0.29) is 6.54 Å². The van der Waals surface area contributed by atoms with Gasteiger partial charge >= 0.3 is 0 Å². The number of aromatic nitrogens is 2. The van der Waals surface area contributed by atoms with Crippen molar-refractivity contribution in [2.45, 2.75) is 6.54 Å². The summed E-state index contributed by atoms with van der Waals surface area (Å²) in [6.45, 7) is 0.176. The summed E-state index contributed by atoms with van der Waals surface area (Å²) in [5, 5.41) is 6.85. The van der Waals surface area contributed by atoms with Crippen molar-refractivity contribution in [3.05, 3.63) is 47.5 Å². The van der Waals surface area contributed by atoms with Crippen LogP contribution >= 0.6 is 0 Å². The summed E-state index contributed by atoms with van der Waals surface area (Å²) in [7, 11) is 1.73. The van der Waals surface area contributed by atoms with Crippen molar-refractivity contribution in [3.8, 4) is 0 Å². The highest BCUT2D eigenvalue weighted by Gasteiger charge is 2.10. The molecule has 1 aromatic carbocycles. The molecule has 0 saturated carbocycles. The Morgan fingerprint density at radius 2 is 1.88 bits per heavy atom. The second kappa shape index (κ2) is 4.48. The van der Waals surface area contributed by atoms with Gasteiger partial charge in [0.05, 0.1) is 18.4 Å². The molecule has 0 atom stereocenters. The predicted molar refractivity (Wildman–Crippen MR) is 57.2 cm³/mol. The first kappa shape index (κ1) is 11.5. The van der Waals surface area contributed by atoms with E-state index >= 15 is 0 Å². The summed E-state index contributed by atoms with van der Waals surface area (Å²) in [5.74, 6) is -3.84. The molecule has 0 spiro atoms. The van der Waals surface area contributed by atoms with Crippen LogP contribution in [0.1, 0.15) is 5.56 Å². The van der Waals surface area contributed by atoms with Gasteiger partial charge in [0.25, 0.3) is 0 Å². The van der Waals surface area contributed by atoms with Gasteiger partial charge < -0.3 is 5.32 Å². The Labute approximate surface area is 95.9 Å². The third-order valence-corrected chi connectivity index (χ3v) is 2.31. The number of anilines is 1. The molecule has 0 saturated heterocycles. The lowest BCUT2D eigenvalue weighted by atomic mass is 10.2. The molecule has 0 aliphatic heterocycles. The molecule has 3 nitrogen and oxygen atoms in total. The number of nitrogens with zero attached hydrogens (tertiary/aromatic N) is 2. The van der Waals surface area contributed by atoms with Gasteiger partial charge in [-0.15, -0.1) is 0 Å². The van der Waals surface area contributed by atoms with Crippen LogP contribution in [0.4, 0.5) is 18.9 Å². The van der Waals surface area contributed by atoms with Gasteiger partial charge in [-0.3, -0.25) is 4.68 Å². The molecule has 0 fully saturated rings. The molecule has 0 radical (unpaired) electrons. The van der Waals surface area contributed by atoms with Crippen LogP contribution in [0.5, 0.6) is 0 Å². The Kier molecular flexibility index (Phi) is 3.03. The summed E-state index contributed by atoms with van der Waals surface area (Å²) in [4.78, 5) is 0.